The van der Waals surface area contributed by atoms with Gasteiger partial charge in [0.1, 0.15) is 5.69 Å². The molecule has 1 N–H and O–H groups in total. The summed E-state index contributed by atoms with van der Waals surface area (Å²) in [7, 11) is 0. The molecule has 1 aromatic rings. The average Bonchev–Trinajstić information content (AvgIpc) is 2.11. The SMILES string of the molecule is O=C=Nc1c(Cl)ccc(C(=O)O)c1Cl. The van der Waals surface area contributed by atoms with Crippen molar-refractivity contribution in [3.05, 3.63) is 27.7 Å². The lowest BCUT2D eigenvalue weighted by molar-refractivity contribution is 0.0697. The van der Waals surface area contributed by atoms with Crippen LogP contribution in [0.15, 0.2) is 17.1 Å². The van der Waals surface area contributed by atoms with Crippen LogP contribution >= 0.6 is 23.2 Å². The van der Waals surface area contributed by atoms with Gasteiger partial charge in [-0.05, 0) is 12.1 Å². The minimum absolute atomic E-state index is 0.0803. The molecule has 6 heteroatoms. The van der Waals surface area contributed by atoms with Crippen LogP contribution in [0.3, 0.4) is 0 Å². The number of benzene rings is 1. The molecule has 0 radical (unpaired) electrons. The van der Waals surface area contributed by atoms with Crippen molar-refractivity contribution >= 4 is 40.9 Å². The predicted octanol–water partition coefficient (Wildman–Crippen LogP) is 2.66. The van der Waals surface area contributed by atoms with Crippen LogP contribution in [0.25, 0.3) is 0 Å². The Bertz CT molecular complexity index is 438. The van der Waals surface area contributed by atoms with Crippen LogP contribution in [0, 0.1) is 0 Å². The van der Waals surface area contributed by atoms with Crippen LogP contribution in [0.5, 0.6) is 0 Å². The molecule has 0 spiro atoms. The largest absolute Gasteiger partial charge is 0.478 e. The Morgan fingerprint density at radius 3 is 2.57 bits per heavy atom. The molecule has 1 rings (SSSR count). The number of carboxylic acids is 1. The molecule has 0 aliphatic carbocycles. The maximum Gasteiger partial charge on any atom is 0.337 e. The van der Waals surface area contributed by atoms with E-state index in [2.05, 4.69) is 4.99 Å². The fourth-order valence-corrected chi connectivity index (χ4v) is 1.39. The lowest BCUT2D eigenvalue weighted by atomic mass is 10.2. The van der Waals surface area contributed by atoms with Crippen LogP contribution in [0.1, 0.15) is 10.4 Å². The van der Waals surface area contributed by atoms with Crippen molar-refractivity contribution in [2.45, 2.75) is 0 Å². The van der Waals surface area contributed by atoms with Gasteiger partial charge in [-0.3, -0.25) is 0 Å². The molecular weight excluding hydrogens is 229 g/mol. The van der Waals surface area contributed by atoms with Gasteiger partial charge in [0.25, 0.3) is 0 Å². The highest BCUT2D eigenvalue weighted by molar-refractivity contribution is 6.40. The molecule has 0 saturated carbocycles. The molecule has 0 unspecified atom stereocenters. The van der Waals surface area contributed by atoms with E-state index in [-0.39, 0.29) is 21.3 Å². The van der Waals surface area contributed by atoms with Gasteiger partial charge in [-0.25, -0.2) is 9.59 Å². The number of carboxylic acid groups (broad SMARTS) is 1. The molecule has 0 atom stereocenters. The molecule has 0 bridgehead atoms. The third-order valence-electron chi connectivity index (χ3n) is 1.45. The topological polar surface area (TPSA) is 66.7 Å². The third-order valence-corrected chi connectivity index (χ3v) is 2.14. The smallest absolute Gasteiger partial charge is 0.337 e. The molecule has 0 aliphatic heterocycles. The normalized spacial score (nSPS) is 9.29. The van der Waals surface area contributed by atoms with Gasteiger partial charge in [-0.1, -0.05) is 23.2 Å². The fourth-order valence-electron chi connectivity index (χ4n) is 0.854. The highest BCUT2D eigenvalue weighted by atomic mass is 35.5. The van der Waals surface area contributed by atoms with Gasteiger partial charge >= 0.3 is 5.97 Å². The van der Waals surface area contributed by atoms with Crippen molar-refractivity contribution in [1.82, 2.24) is 0 Å². The molecular formula is C8H3Cl2NO3. The number of rotatable bonds is 2. The Balaban J connectivity index is 3.48. The summed E-state index contributed by atoms with van der Waals surface area (Å²) in [5.74, 6) is -1.21. The van der Waals surface area contributed by atoms with Gasteiger partial charge in [0.05, 0.1) is 15.6 Å². The Hall–Kier alpha value is -1.35. The molecule has 4 nitrogen and oxygen atoms in total. The van der Waals surface area contributed by atoms with Crippen LogP contribution in [-0.4, -0.2) is 17.2 Å². The van der Waals surface area contributed by atoms with E-state index < -0.39 is 5.97 Å². The average molecular weight is 232 g/mol. The lowest BCUT2D eigenvalue weighted by Gasteiger charge is -2.02. The highest BCUT2D eigenvalue weighted by Gasteiger charge is 2.14. The van der Waals surface area contributed by atoms with Crippen molar-refractivity contribution < 1.29 is 14.7 Å². The first-order valence-electron chi connectivity index (χ1n) is 3.37. The standard InChI is InChI=1S/C8H3Cl2NO3/c9-5-2-1-4(8(13)14)6(10)7(5)11-3-12/h1-2H,(H,13,14). The molecule has 0 aromatic heterocycles. The zero-order chi connectivity index (χ0) is 10.7. The number of isocyanates is 1. The van der Waals surface area contributed by atoms with E-state index in [0.29, 0.717) is 0 Å². The molecule has 0 amide bonds. The number of aliphatic imine (C=N–C) groups is 1. The molecule has 0 fully saturated rings. The first-order chi connectivity index (χ1) is 6.57. The molecule has 0 aliphatic rings. The van der Waals surface area contributed by atoms with Crippen LogP contribution in [-0.2, 0) is 4.79 Å². The number of carbonyl (C=O) groups excluding carboxylic acids is 1. The van der Waals surface area contributed by atoms with Gasteiger partial charge in [0.2, 0.25) is 6.08 Å². The van der Waals surface area contributed by atoms with Crippen molar-refractivity contribution in [2.24, 2.45) is 4.99 Å². The van der Waals surface area contributed by atoms with Gasteiger partial charge in [0.15, 0.2) is 0 Å². The zero-order valence-corrected chi connectivity index (χ0v) is 8.13. The maximum absolute atomic E-state index is 10.6. The van der Waals surface area contributed by atoms with E-state index >= 15 is 0 Å². The van der Waals surface area contributed by atoms with E-state index in [9.17, 15) is 9.59 Å². The quantitative estimate of drug-likeness (QED) is 0.629. The number of hydrogen-bond acceptors (Lipinski definition) is 3. The predicted molar refractivity (Wildman–Crippen MR) is 51.2 cm³/mol. The van der Waals surface area contributed by atoms with Crippen molar-refractivity contribution in [1.29, 1.82) is 0 Å². The van der Waals surface area contributed by atoms with E-state index in [1.165, 1.54) is 18.2 Å². The number of carbonyl (C=O) groups is 1. The zero-order valence-electron chi connectivity index (χ0n) is 6.62. The molecule has 1 aromatic carbocycles. The van der Waals surface area contributed by atoms with E-state index in [4.69, 9.17) is 28.3 Å². The second-order valence-electron chi connectivity index (χ2n) is 2.27. The molecule has 0 saturated heterocycles. The molecule has 14 heavy (non-hydrogen) atoms. The lowest BCUT2D eigenvalue weighted by Crippen LogP contribution is -1.97. The number of halogens is 2. The van der Waals surface area contributed by atoms with E-state index in [0.717, 1.165) is 0 Å². The van der Waals surface area contributed by atoms with Crippen LogP contribution < -0.4 is 0 Å². The Kier molecular flexibility index (Phi) is 3.25. The first-order valence-corrected chi connectivity index (χ1v) is 4.12. The van der Waals surface area contributed by atoms with Gasteiger partial charge in [0, 0.05) is 0 Å². The van der Waals surface area contributed by atoms with Crippen molar-refractivity contribution in [3.8, 4) is 0 Å². The van der Waals surface area contributed by atoms with E-state index in [1.807, 2.05) is 0 Å². The minimum Gasteiger partial charge on any atom is -0.478 e. The second kappa shape index (κ2) is 4.24. The Morgan fingerprint density at radius 1 is 1.43 bits per heavy atom. The van der Waals surface area contributed by atoms with Crippen LogP contribution in [0.2, 0.25) is 10.0 Å². The van der Waals surface area contributed by atoms with E-state index in [1.54, 1.807) is 0 Å². The maximum atomic E-state index is 10.6. The summed E-state index contributed by atoms with van der Waals surface area (Å²) in [6, 6.07) is 2.53. The van der Waals surface area contributed by atoms with Crippen molar-refractivity contribution in [3.63, 3.8) is 0 Å². The van der Waals surface area contributed by atoms with Crippen LogP contribution in [0.4, 0.5) is 5.69 Å². The summed E-state index contributed by atoms with van der Waals surface area (Å²) in [5, 5.41) is 8.61. The van der Waals surface area contributed by atoms with Gasteiger partial charge < -0.3 is 5.11 Å². The Labute approximate surface area is 88.8 Å². The molecule has 0 heterocycles. The monoisotopic (exact) mass is 231 g/mol. The van der Waals surface area contributed by atoms with Gasteiger partial charge in [-0.15, -0.1) is 0 Å². The summed E-state index contributed by atoms with van der Waals surface area (Å²) in [6.45, 7) is 0. The highest BCUT2D eigenvalue weighted by Crippen LogP contribution is 2.35. The first kappa shape index (κ1) is 10.7. The number of nitrogens with zero attached hydrogens (tertiary/aromatic N) is 1. The minimum atomic E-state index is -1.21. The van der Waals surface area contributed by atoms with Gasteiger partial charge in [-0.2, -0.15) is 4.99 Å². The Morgan fingerprint density at radius 2 is 2.07 bits per heavy atom. The number of aromatic carboxylic acids is 1. The summed E-state index contributed by atoms with van der Waals surface area (Å²) < 4.78 is 0. The summed E-state index contributed by atoms with van der Waals surface area (Å²) >= 11 is 11.3. The third kappa shape index (κ3) is 1.93. The number of hydrogen-bond donors (Lipinski definition) is 1. The summed E-state index contributed by atoms with van der Waals surface area (Å²) in [6.07, 6.45) is 1.24. The summed E-state index contributed by atoms with van der Waals surface area (Å²) in [5.41, 5.74) is -0.242. The summed E-state index contributed by atoms with van der Waals surface area (Å²) in [4.78, 5) is 23.8. The van der Waals surface area contributed by atoms with Crippen molar-refractivity contribution in [2.75, 3.05) is 0 Å². The fraction of sp³-hybridized carbons (Fsp3) is 0. The second-order valence-corrected chi connectivity index (χ2v) is 3.05. The molecule has 72 valence electrons.